The molecule has 0 radical (unpaired) electrons. The lowest BCUT2D eigenvalue weighted by atomic mass is 9.89. The Balaban J connectivity index is 4.16. The van der Waals surface area contributed by atoms with Gasteiger partial charge in [0.05, 0.1) is 12.5 Å². The van der Waals surface area contributed by atoms with Crippen molar-refractivity contribution in [3.05, 3.63) is 0 Å². The van der Waals surface area contributed by atoms with Crippen molar-refractivity contribution in [3.63, 3.8) is 0 Å². The Morgan fingerprint density at radius 1 is 1.38 bits per heavy atom. The SMILES string of the molecule is CCNC(=O)CC(C)(C)C(=O)OC. The zero-order valence-corrected chi connectivity index (χ0v) is 8.64. The van der Waals surface area contributed by atoms with Gasteiger partial charge in [0.1, 0.15) is 0 Å². The number of methoxy groups -OCH3 is 1. The first-order chi connectivity index (χ1) is 5.94. The van der Waals surface area contributed by atoms with Crippen molar-refractivity contribution >= 4 is 11.9 Å². The number of hydrogen-bond donors (Lipinski definition) is 1. The normalized spacial score (nSPS) is 10.8. The highest BCUT2D eigenvalue weighted by Gasteiger charge is 2.31. The van der Waals surface area contributed by atoms with E-state index in [0.717, 1.165) is 0 Å². The van der Waals surface area contributed by atoms with Crippen LogP contribution in [0.3, 0.4) is 0 Å². The number of esters is 1. The molecule has 1 amide bonds. The fraction of sp³-hybridized carbons (Fsp3) is 0.778. The van der Waals surface area contributed by atoms with Crippen LogP contribution in [0.25, 0.3) is 0 Å². The Labute approximate surface area is 78.6 Å². The molecule has 0 atom stereocenters. The maximum Gasteiger partial charge on any atom is 0.311 e. The quantitative estimate of drug-likeness (QED) is 0.659. The lowest BCUT2D eigenvalue weighted by Crippen LogP contribution is -2.34. The van der Waals surface area contributed by atoms with Crippen LogP contribution in [0.2, 0.25) is 0 Å². The summed E-state index contributed by atoms with van der Waals surface area (Å²) in [6, 6.07) is 0. The van der Waals surface area contributed by atoms with Crippen LogP contribution in [-0.2, 0) is 14.3 Å². The number of rotatable bonds is 4. The highest BCUT2D eigenvalue weighted by molar-refractivity contribution is 5.85. The molecule has 0 saturated carbocycles. The molecule has 1 N–H and O–H groups in total. The summed E-state index contributed by atoms with van der Waals surface area (Å²) in [5.41, 5.74) is -0.742. The number of carbonyl (C=O) groups excluding carboxylic acids is 2. The molecule has 0 aliphatic rings. The molecule has 0 rings (SSSR count). The van der Waals surface area contributed by atoms with Crippen LogP contribution in [0.1, 0.15) is 27.2 Å². The van der Waals surface area contributed by atoms with Gasteiger partial charge in [0, 0.05) is 13.0 Å². The zero-order chi connectivity index (χ0) is 10.5. The van der Waals surface area contributed by atoms with E-state index in [4.69, 9.17) is 0 Å². The minimum Gasteiger partial charge on any atom is -0.469 e. The van der Waals surface area contributed by atoms with Gasteiger partial charge in [0.15, 0.2) is 0 Å². The van der Waals surface area contributed by atoms with E-state index in [2.05, 4.69) is 10.1 Å². The minimum absolute atomic E-state index is 0.127. The van der Waals surface area contributed by atoms with Crippen molar-refractivity contribution < 1.29 is 14.3 Å². The second-order valence-corrected chi connectivity index (χ2v) is 3.51. The van der Waals surface area contributed by atoms with Crippen molar-refractivity contribution in [2.75, 3.05) is 13.7 Å². The second-order valence-electron chi connectivity index (χ2n) is 3.51. The third-order valence-corrected chi connectivity index (χ3v) is 1.71. The van der Waals surface area contributed by atoms with Crippen molar-refractivity contribution in [2.24, 2.45) is 5.41 Å². The molecule has 0 saturated heterocycles. The molecule has 0 heterocycles. The maximum atomic E-state index is 11.2. The molecule has 76 valence electrons. The van der Waals surface area contributed by atoms with Crippen molar-refractivity contribution in [3.8, 4) is 0 Å². The molecule has 0 spiro atoms. The standard InChI is InChI=1S/C9H17NO3/c1-5-10-7(11)6-9(2,3)8(12)13-4/h5-6H2,1-4H3,(H,10,11). The lowest BCUT2D eigenvalue weighted by molar-refractivity contribution is -0.153. The van der Waals surface area contributed by atoms with Crippen LogP contribution < -0.4 is 5.32 Å². The fourth-order valence-electron chi connectivity index (χ4n) is 1.01. The molecule has 13 heavy (non-hydrogen) atoms. The van der Waals surface area contributed by atoms with Crippen LogP contribution in [-0.4, -0.2) is 25.5 Å². The van der Waals surface area contributed by atoms with Gasteiger partial charge in [-0.1, -0.05) is 0 Å². The van der Waals surface area contributed by atoms with Crippen LogP contribution >= 0.6 is 0 Å². The highest BCUT2D eigenvalue weighted by atomic mass is 16.5. The van der Waals surface area contributed by atoms with Crippen LogP contribution in [0.5, 0.6) is 0 Å². The molecule has 0 fully saturated rings. The van der Waals surface area contributed by atoms with E-state index in [1.165, 1.54) is 7.11 Å². The molecule has 4 nitrogen and oxygen atoms in total. The maximum absolute atomic E-state index is 11.2. The van der Waals surface area contributed by atoms with Crippen LogP contribution in [0.4, 0.5) is 0 Å². The smallest absolute Gasteiger partial charge is 0.311 e. The van der Waals surface area contributed by atoms with E-state index < -0.39 is 5.41 Å². The third kappa shape index (κ3) is 3.92. The Morgan fingerprint density at radius 2 is 1.92 bits per heavy atom. The Bertz CT molecular complexity index is 199. The first-order valence-electron chi connectivity index (χ1n) is 4.29. The molecule has 0 bridgehead atoms. The summed E-state index contributed by atoms with van der Waals surface area (Å²) in [6.45, 7) is 5.79. The monoisotopic (exact) mass is 187 g/mol. The lowest BCUT2D eigenvalue weighted by Gasteiger charge is -2.20. The molecule has 0 aliphatic carbocycles. The minimum atomic E-state index is -0.742. The average Bonchev–Trinajstić information content (AvgIpc) is 2.02. The first kappa shape index (κ1) is 11.9. The number of carbonyl (C=O) groups is 2. The molecule has 0 aliphatic heterocycles. The summed E-state index contributed by atoms with van der Waals surface area (Å²) in [5, 5.41) is 2.63. The zero-order valence-electron chi connectivity index (χ0n) is 8.64. The van der Waals surface area contributed by atoms with Gasteiger partial charge in [-0.15, -0.1) is 0 Å². The Hall–Kier alpha value is -1.06. The molecular formula is C9H17NO3. The molecular weight excluding hydrogens is 170 g/mol. The number of ether oxygens (including phenoxy) is 1. The summed E-state index contributed by atoms with van der Waals surface area (Å²) in [5.74, 6) is -0.489. The van der Waals surface area contributed by atoms with Gasteiger partial charge in [-0.05, 0) is 20.8 Å². The van der Waals surface area contributed by atoms with Gasteiger partial charge in [-0.3, -0.25) is 9.59 Å². The topological polar surface area (TPSA) is 55.4 Å². The van der Waals surface area contributed by atoms with E-state index in [1.807, 2.05) is 6.92 Å². The summed E-state index contributed by atoms with van der Waals surface area (Å²) in [7, 11) is 1.32. The van der Waals surface area contributed by atoms with Gasteiger partial charge in [-0.25, -0.2) is 0 Å². The highest BCUT2D eigenvalue weighted by Crippen LogP contribution is 2.21. The van der Waals surface area contributed by atoms with E-state index in [0.29, 0.717) is 6.54 Å². The van der Waals surface area contributed by atoms with E-state index in [1.54, 1.807) is 13.8 Å². The second kappa shape index (κ2) is 4.84. The number of hydrogen-bond acceptors (Lipinski definition) is 3. The molecule has 0 unspecified atom stereocenters. The average molecular weight is 187 g/mol. The molecule has 0 aromatic heterocycles. The third-order valence-electron chi connectivity index (χ3n) is 1.71. The molecule has 0 aromatic rings. The first-order valence-corrected chi connectivity index (χ1v) is 4.29. The van der Waals surface area contributed by atoms with Crippen molar-refractivity contribution in [1.82, 2.24) is 5.32 Å². The van der Waals surface area contributed by atoms with Gasteiger partial charge in [-0.2, -0.15) is 0 Å². The summed E-state index contributed by atoms with van der Waals surface area (Å²) >= 11 is 0. The Kier molecular flexibility index (Phi) is 4.45. The summed E-state index contributed by atoms with van der Waals surface area (Å²) in [4.78, 5) is 22.3. The van der Waals surface area contributed by atoms with E-state index in [9.17, 15) is 9.59 Å². The van der Waals surface area contributed by atoms with Crippen molar-refractivity contribution in [1.29, 1.82) is 0 Å². The predicted octanol–water partition coefficient (Wildman–Crippen LogP) is 0.712. The number of nitrogens with one attached hydrogen (secondary N) is 1. The van der Waals surface area contributed by atoms with E-state index in [-0.39, 0.29) is 18.3 Å². The van der Waals surface area contributed by atoms with Gasteiger partial charge in [0.25, 0.3) is 0 Å². The number of amides is 1. The summed E-state index contributed by atoms with van der Waals surface area (Å²) < 4.78 is 4.58. The fourth-order valence-corrected chi connectivity index (χ4v) is 1.01. The van der Waals surface area contributed by atoms with Crippen LogP contribution in [0.15, 0.2) is 0 Å². The van der Waals surface area contributed by atoms with Gasteiger partial charge >= 0.3 is 5.97 Å². The Morgan fingerprint density at radius 3 is 2.31 bits per heavy atom. The van der Waals surface area contributed by atoms with Crippen molar-refractivity contribution in [2.45, 2.75) is 27.2 Å². The van der Waals surface area contributed by atoms with Crippen LogP contribution in [0, 0.1) is 5.41 Å². The summed E-state index contributed by atoms with van der Waals surface area (Å²) in [6.07, 6.45) is 0.160. The van der Waals surface area contributed by atoms with E-state index >= 15 is 0 Å². The van der Waals surface area contributed by atoms with Gasteiger partial charge < -0.3 is 10.1 Å². The van der Waals surface area contributed by atoms with Gasteiger partial charge in [0.2, 0.25) is 5.91 Å². The molecule has 4 heteroatoms. The predicted molar refractivity (Wildman–Crippen MR) is 49.1 cm³/mol. The molecule has 0 aromatic carbocycles. The largest absolute Gasteiger partial charge is 0.469 e.